The predicted octanol–water partition coefficient (Wildman–Crippen LogP) is 1.82. The van der Waals surface area contributed by atoms with Gasteiger partial charge in [0.15, 0.2) is 0 Å². The van der Waals surface area contributed by atoms with Crippen LogP contribution in [0.5, 0.6) is 0 Å². The molecule has 0 aromatic heterocycles. The third-order valence-electron chi connectivity index (χ3n) is 4.48. The van der Waals surface area contributed by atoms with E-state index in [0.29, 0.717) is 12.6 Å². The first-order chi connectivity index (χ1) is 7.73. The number of nitrogens with two attached hydrogens (primary N) is 1. The summed E-state index contributed by atoms with van der Waals surface area (Å²) >= 11 is 0. The monoisotopic (exact) mass is 227 g/mol. The van der Waals surface area contributed by atoms with E-state index < -0.39 is 0 Å². The van der Waals surface area contributed by atoms with Crippen molar-refractivity contribution in [1.29, 1.82) is 0 Å². The quantitative estimate of drug-likeness (QED) is 0.681. The molecule has 2 saturated heterocycles. The number of fused-ring (bicyclic) bond motifs is 2. The smallest absolute Gasteiger partial charge is 0.0673 e. The van der Waals surface area contributed by atoms with Gasteiger partial charge in [0.1, 0.15) is 0 Å². The van der Waals surface area contributed by atoms with Crippen molar-refractivity contribution in [3.63, 3.8) is 0 Å². The van der Waals surface area contributed by atoms with E-state index in [1.165, 1.54) is 12.8 Å². The molecule has 94 valence electrons. The lowest BCUT2D eigenvalue weighted by Crippen LogP contribution is -2.48. The summed E-state index contributed by atoms with van der Waals surface area (Å²) in [7, 11) is 0. The maximum atomic E-state index is 10.4. The van der Waals surface area contributed by atoms with Crippen molar-refractivity contribution < 1.29 is 9.84 Å². The number of aliphatic hydroxyl groups is 1. The van der Waals surface area contributed by atoms with Crippen LogP contribution in [0.4, 0.5) is 0 Å². The molecular formula is C13H25NO2. The maximum Gasteiger partial charge on any atom is 0.0673 e. The van der Waals surface area contributed by atoms with Gasteiger partial charge in [-0.15, -0.1) is 0 Å². The molecule has 2 aliphatic rings. The molecule has 0 spiro atoms. The van der Waals surface area contributed by atoms with Gasteiger partial charge >= 0.3 is 0 Å². The fraction of sp³-hybridized carbons (Fsp3) is 1.00. The summed E-state index contributed by atoms with van der Waals surface area (Å²) < 4.78 is 5.87. The zero-order valence-corrected chi connectivity index (χ0v) is 10.3. The van der Waals surface area contributed by atoms with Crippen LogP contribution in [-0.2, 0) is 4.74 Å². The van der Waals surface area contributed by atoms with Crippen LogP contribution >= 0.6 is 0 Å². The normalized spacial score (nSPS) is 39.2. The Morgan fingerprint density at radius 2 is 2.25 bits per heavy atom. The first-order valence-corrected chi connectivity index (χ1v) is 6.76. The average Bonchev–Trinajstić information content (AvgIpc) is 2.89. The van der Waals surface area contributed by atoms with Crippen molar-refractivity contribution in [3.05, 3.63) is 0 Å². The van der Waals surface area contributed by atoms with E-state index in [2.05, 4.69) is 6.92 Å². The molecule has 0 saturated carbocycles. The fourth-order valence-corrected chi connectivity index (χ4v) is 3.41. The molecule has 0 aromatic carbocycles. The number of aliphatic hydroxyl groups excluding tert-OH is 1. The summed E-state index contributed by atoms with van der Waals surface area (Å²) in [5, 5.41) is 10.4. The number of ether oxygens (including phenoxy) is 1. The number of hydrogen-bond acceptors (Lipinski definition) is 3. The molecule has 0 aromatic rings. The Kier molecular flexibility index (Phi) is 3.88. The van der Waals surface area contributed by atoms with E-state index >= 15 is 0 Å². The third kappa shape index (κ3) is 2.01. The van der Waals surface area contributed by atoms with Gasteiger partial charge in [0.2, 0.25) is 0 Å². The van der Waals surface area contributed by atoms with Crippen molar-refractivity contribution in [1.82, 2.24) is 0 Å². The molecule has 4 unspecified atom stereocenters. The van der Waals surface area contributed by atoms with Crippen molar-refractivity contribution in [2.24, 2.45) is 11.1 Å². The lowest BCUT2D eigenvalue weighted by Gasteiger charge is -2.38. The van der Waals surface area contributed by atoms with E-state index in [0.717, 1.165) is 32.1 Å². The first-order valence-electron chi connectivity index (χ1n) is 6.76. The molecule has 0 aliphatic carbocycles. The number of hydrogen-bond donors (Lipinski definition) is 2. The molecule has 2 aliphatic heterocycles. The topological polar surface area (TPSA) is 55.5 Å². The van der Waals surface area contributed by atoms with Crippen LogP contribution in [-0.4, -0.2) is 30.0 Å². The van der Waals surface area contributed by atoms with Crippen molar-refractivity contribution in [3.8, 4) is 0 Å². The highest BCUT2D eigenvalue weighted by Crippen LogP contribution is 2.50. The second kappa shape index (κ2) is 5.03. The fourth-order valence-electron chi connectivity index (χ4n) is 3.41. The van der Waals surface area contributed by atoms with Gasteiger partial charge in [-0.2, -0.15) is 0 Å². The maximum absolute atomic E-state index is 10.4. The molecule has 3 N–H and O–H groups in total. The molecule has 2 fully saturated rings. The molecule has 2 rings (SSSR count). The molecular weight excluding hydrogens is 202 g/mol. The van der Waals surface area contributed by atoms with Crippen LogP contribution < -0.4 is 5.73 Å². The van der Waals surface area contributed by atoms with Crippen LogP contribution in [0.15, 0.2) is 0 Å². The van der Waals surface area contributed by atoms with E-state index in [1.54, 1.807) is 0 Å². The standard InChI is InChI=1S/C13H25NO2/c1-2-3-4-5-11(15)13(9-14)8-10-6-7-12(13)16-10/h10-12,15H,2-9,14H2,1H3. The first kappa shape index (κ1) is 12.3. The zero-order chi connectivity index (χ0) is 11.6. The van der Waals surface area contributed by atoms with Crippen LogP contribution in [0.1, 0.15) is 51.9 Å². The van der Waals surface area contributed by atoms with Gasteiger partial charge in [-0.3, -0.25) is 0 Å². The Morgan fingerprint density at radius 3 is 2.75 bits per heavy atom. The molecule has 3 nitrogen and oxygen atoms in total. The molecule has 4 atom stereocenters. The third-order valence-corrected chi connectivity index (χ3v) is 4.48. The zero-order valence-electron chi connectivity index (χ0n) is 10.3. The van der Waals surface area contributed by atoms with Gasteiger partial charge in [0.05, 0.1) is 18.3 Å². The summed E-state index contributed by atoms with van der Waals surface area (Å²) in [5.41, 5.74) is 5.79. The van der Waals surface area contributed by atoms with Crippen molar-refractivity contribution >= 4 is 0 Å². The number of rotatable bonds is 6. The minimum atomic E-state index is -0.264. The van der Waals surface area contributed by atoms with Gasteiger partial charge < -0.3 is 15.6 Å². The lowest BCUT2D eigenvalue weighted by molar-refractivity contribution is -0.0294. The van der Waals surface area contributed by atoms with Gasteiger partial charge in [-0.25, -0.2) is 0 Å². The Bertz CT molecular complexity index is 234. The highest BCUT2D eigenvalue weighted by Gasteiger charge is 2.54. The summed E-state index contributed by atoms with van der Waals surface area (Å²) in [4.78, 5) is 0. The van der Waals surface area contributed by atoms with E-state index in [4.69, 9.17) is 10.5 Å². The Hall–Kier alpha value is -0.120. The number of unbranched alkanes of at least 4 members (excludes halogenated alkanes) is 2. The van der Waals surface area contributed by atoms with Crippen molar-refractivity contribution in [2.45, 2.75) is 70.2 Å². The highest BCUT2D eigenvalue weighted by atomic mass is 16.5. The highest BCUT2D eigenvalue weighted by molar-refractivity contribution is 5.04. The molecule has 0 radical (unpaired) electrons. The van der Waals surface area contributed by atoms with Gasteiger partial charge in [0.25, 0.3) is 0 Å². The van der Waals surface area contributed by atoms with Crippen LogP contribution in [0, 0.1) is 5.41 Å². The van der Waals surface area contributed by atoms with Gasteiger partial charge in [-0.05, 0) is 25.7 Å². The van der Waals surface area contributed by atoms with Gasteiger partial charge in [0, 0.05) is 12.0 Å². The van der Waals surface area contributed by atoms with Crippen LogP contribution in [0.2, 0.25) is 0 Å². The van der Waals surface area contributed by atoms with Crippen molar-refractivity contribution in [2.75, 3.05) is 6.54 Å². The summed E-state index contributed by atoms with van der Waals surface area (Å²) in [5.74, 6) is 0. The summed E-state index contributed by atoms with van der Waals surface area (Å²) in [6, 6.07) is 0. The summed E-state index contributed by atoms with van der Waals surface area (Å²) in [6.45, 7) is 2.76. The van der Waals surface area contributed by atoms with E-state index in [1.807, 2.05) is 0 Å². The second-order valence-electron chi connectivity index (χ2n) is 5.48. The molecule has 2 bridgehead atoms. The summed E-state index contributed by atoms with van der Waals surface area (Å²) in [6.07, 6.45) is 7.95. The molecule has 0 amide bonds. The lowest BCUT2D eigenvalue weighted by atomic mass is 9.69. The minimum Gasteiger partial charge on any atom is -0.392 e. The second-order valence-corrected chi connectivity index (χ2v) is 5.48. The average molecular weight is 227 g/mol. The SMILES string of the molecule is CCCCCC(O)C1(CN)CC2CCC1O2. The minimum absolute atomic E-state index is 0.128. The van der Waals surface area contributed by atoms with Crippen LogP contribution in [0.25, 0.3) is 0 Å². The largest absolute Gasteiger partial charge is 0.392 e. The Balaban J connectivity index is 1.93. The van der Waals surface area contributed by atoms with Gasteiger partial charge in [-0.1, -0.05) is 26.2 Å². The molecule has 3 heteroatoms. The Morgan fingerprint density at radius 1 is 1.44 bits per heavy atom. The molecule has 2 heterocycles. The van der Waals surface area contributed by atoms with E-state index in [9.17, 15) is 5.11 Å². The van der Waals surface area contributed by atoms with Crippen LogP contribution in [0.3, 0.4) is 0 Å². The Labute approximate surface area is 98.4 Å². The molecule has 16 heavy (non-hydrogen) atoms. The van der Waals surface area contributed by atoms with E-state index in [-0.39, 0.29) is 17.6 Å². The predicted molar refractivity (Wildman–Crippen MR) is 64.1 cm³/mol.